The SMILES string of the molecule is CC(C)COC1CCC(N(Cc2ccc(C(=O)NCCC(=O)O)cc2)C(=O)Nc2ccc(OC(F)(F)F)cc2)CC1. The Morgan fingerprint density at radius 1 is 1.00 bits per heavy atom. The molecule has 0 unspecified atom stereocenters. The average molecular weight is 580 g/mol. The van der Waals surface area contributed by atoms with Crippen LogP contribution in [-0.4, -0.2) is 59.6 Å². The summed E-state index contributed by atoms with van der Waals surface area (Å²) in [6.45, 7) is 5.10. The molecule has 2 aromatic carbocycles. The number of alkyl halides is 3. The molecule has 0 bridgehead atoms. The van der Waals surface area contributed by atoms with Gasteiger partial charge in [-0.3, -0.25) is 9.59 Å². The molecule has 3 N–H and O–H groups in total. The molecule has 1 aliphatic carbocycles. The topological polar surface area (TPSA) is 117 Å². The molecule has 0 atom stereocenters. The van der Waals surface area contributed by atoms with Crippen LogP contribution in [0, 0.1) is 5.92 Å². The predicted octanol–water partition coefficient (Wildman–Crippen LogP) is 5.81. The Morgan fingerprint density at radius 3 is 2.20 bits per heavy atom. The summed E-state index contributed by atoms with van der Waals surface area (Å²) in [5, 5.41) is 14.1. The van der Waals surface area contributed by atoms with E-state index in [4.69, 9.17) is 9.84 Å². The molecule has 0 saturated heterocycles. The van der Waals surface area contributed by atoms with E-state index in [1.54, 1.807) is 29.2 Å². The summed E-state index contributed by atoms with van der Waals surface area (Å²) in [5.74, 6) is -1.38. The number of hydrogen-bond donors (Lipinski definition) is 3. The Bertz CT molecular complexity index is 1150. The molecular formula is C29H36F3N3O6. The first-order chi connectivity index (χ1) is 19.4. The van der Waals surface area contributed by atoms with Crippen molar-refractivity contribution < 1.29 is 42.1 Å². The van der Waals surface area contributed by atoms with Gasteiger partial charge in [-0.15, -0.1) is 13.2 Å². The maximum absolute atomic E-state index is 13.4. The third kappa shape index (κ3) is 10.9. The summed E-state index contributed by atoms with van der Waals surface area (Å²) >= 11 is 0. The first-order valence-electron chi connectivity index (χ1n) is 13.5. The molecule has 0 spiro atoms. The van der Waals surface area contributed by atoms with E-state index in [9.17, 15) is 27.6 Å². The number of aliphatic carboxylic acids is 1. The Morgan fingerprint density at radius 2 is 1.63 bits per heavy atom. The van der Waals surface area contributed by atoms with Crippen LogP contribution >= 0.6 is 0 Å². The van der Waals surface area contributed by atoms with Gasteiger partial charge in [0.25, 0.3) is 5.91 Å². The zero-order chi connectivity index (χ0) is 30.0. The maximum atomic E-state index is 13.4. The Kier molecular flexibility index (Phi) is 11.4. The number of carboxylic acid groups (broad SMARTS) is 1. The number of urea groups is 1. The highest BCUT2D eigenvalue weighted by molar-refractivity contribution is 5.94. The van der Waals surface area contributed by atoms with Crippen molar-refractivity contribution in [3.63, 3.8) is 0 Å². The lowest BCUT2D eigenvalue weighted by Crippen LogP contribution is -2.45. The summed E-state index contributed by atoms with van der Waals surface area (Å²) < 4.78 is 47.3. The summed E-state index contributed by atoms with van der Waals surface area (Å²) in [4.78, 5) is 38.1. The Hall–Kier alpha value is -3.80. The molecule has 1 saturated carbocycles. The van der Waals surface area contributed by atoms with Crippen LogP contribution in [0.1, 0.15) is 61.9 Å². The second kappa shape index (κ2) is 14.7. The zero-order valence-electron chi connectivity index (χ0n) is 23.1. The van der Waals surface area contributed by atoms with Gasteiger partial charge < -0.3 is 30.1 Å². The lowest BCUT2D eigenvalue weighted by atomic mass is 9.91. The second-order valence-corrected chi connectivity index (χ2v) is 10.4. The second-order valence-electron chi connectivity index (χ2n) is 10.4. The van der Waals surface area contributed by atoms with Crippen molar-refractivity contribution in [2.24, 2.45) is 5.92 Å². The summed E-state index contributed by atoms with van der Waals surface area (Å²) in [6.07, 6.45) is -1.85. The lowest BCUT2D eigenvalue weighted by Gasteiger charge is -2.37. The van der Waals surface area contributed by atoms with Crippen LogP contribution in [0.5, 0.6) is 5.75 Å². The normalized spacial score (nSPS) is 17.1. The van der Waals surface area contributed by atoms with E-state index in [1.165, 1.54) is 12.1 Å². The van der Waals surface area contributed by atoms with Crippen LogP contribution in [0.3, 0.4) is 0 Å². The molecule has 0 heterocycles. The highest BCUT2D eigenvalue weighted by atomic mass is 19.4. The van der Waals surface area contributed by atoms with Crippen LogP contribution in [0.15, 0.2) is 48.5 Å². The van der Waals surface area contributed by atoms with Gasteiger partial charge in [-0.2, -0.15) is 0 Å². The van der Waals surface area contributed by atoms with Crippen molar-refractivity contribution in [2.75, 3.05) is 18.5 Å². The highest BCUT2D eigenvalue weighted by Crippen LogP contribution is 2.28. The minimum atomic E-state index is -4.81. The van der Waals surface area contributed by atoms with Crippen molar-refractivity contribution in [3.05, 3.63) is 59.7 Å². The fourth-order valence-corrected chi connectivity index (χ4v) is 4.50. The number of carboxylic acids is 1. The van der Waals surface area contributed by atoms with Crippen molar-refractivity contribution in [1.29, 1.82) is 0 Å². The molecule has 3 rings (SSSR count). The standard InChI is InChI=1S/C29H36F3N3O6/c1-19(2)18-40-24-13-9-23(10-14-24)35(28(39)34-22-7-11-25(12-8-22)41-29(30,31)32)17-20-3-5-21(6-4-20)27(38)33-16-15-26(36)37/h3-8,11-12,19,23-24H,9-10,13-18H2,1-2H3,(H,33,38)(H,34,39)(H,36,37). The molecular weight excluding hydrogens is 543 g/mol. The van der Waals surface area contributed by atoms with Gasteiger partial charge in [0.2, 0.25) is 0 Å². The predicted molar refractivity (Wildman–Crippen MR) is 146 cm³/mol. The Labute approximate surface area is 237 Å². The van der Waals surface area contributed by atoms with Crippen LogP contribution in [0.4, 0.5) is 23.7 Å². The number of nitrogens with one attached hydrogen (secondary N) is 2. The van der Waals surface area contributed by atoms with Crippen LogP contribution in [0.25, 0.3) is 0 Å². The third-order valence-corrected chi connectivity index (χ3v) is 6.54. The van der Waals surface area contributed by atoms with Gasteiger partial charge in [-0.1, -0.05) is 26.0 Å². The van der Waals surface area contributed by atoms with E-state index in [0.29, 0.717) is 23.8 Å². The van der Waals surface area contributed by atoms with Crippen molar-refractivity contribution in [2.45, 2.75) is 71.0 Å². The fraction of sp³-hybridized carbons (Fsp3) is 0.483. The molecule has 1 aliphatic rings. The van der Waals surface area contributed by atoms with Gasteiger partial charge in [0, 0.05) is 37.0 Å². The molecule has 0 radical (unpaired) electrons. The molecule has 2 aromatic rings. The number of rotatable bonds is 12. The number of hydrogen-bond acceptors (Lipinski definition) is 5. The average Bonchev–Trinajstić information content (AvgIpc) is 2.91. The number of amides is 3. The number of anilines is 1. The molecule has 224 valence electrons. The van der Waals surface area contributed by atoms with Crippen LogP contribution in [0.2, 0.25) is 0 Å². The first kappa shape index (κ1) is 31.7. The summed E-state index contributed by atoms with van der Waals surface area (Å²) in [7, 11) is 0. The van der Waals surface area contributed by atoms with E-state index >= 15 is 0 Å². The lowest BCUT2D eigenvalue weighted by molar-refractivity contribution is -0.274. The Balaban J connectivity index is 1.69. The third-order valence-electron chi connectivity index (χ3n) is 6.54. The number of carbonyl (C=O) groups excluding carboxylic acids is 2. The summed E-state index contributed by atoms with van der Waals surface area (Å²) in [6, 6.07) is 11.1. The molecule has 9 nitrogen and oxygen atoms in total. The zero-order valence-corrected chi connectivity index (χ0v) is 23.1. The minimum Gasteiger partial charge on any atom is -0.481 e. The van der Waals surface area contributed by atoms with Crippen LogP contribution < -0.4 is 15.4 Å². The first-order valence-corrected chi connectivity index (χ1v) is 13.5. The maximum Gasteiger partial charge on any atom is 0.573 e. The number of carbonyl (C=O) groups is 3. The van der Waals surface area contributed by atoms with Crippen LogP contribution in [-0.2, 0) is 16.1 Å². The number of benzene rings is 2. The van der Waals surface area contributed by atoms with E-state index in [2.05, 4.69) is 29.2 Å². The number of nitrogens with zero attached hydrogens (tertiary/aromatic N) is 1. The quantitative estimate of drug-likeness (QED) is 0.292. The highest BCUT2D eigenvalue weighted by Gasteiger charge is 2.32. The molecule has 0 aromatic heterocycles. The number of ether oxygens (including phenoxy) is 2. The molecule has 3 amide bonds. The summed E-state index contributed by atoms with van der Waals surface area (Å²) in [5.41, 5.74) is 1.45. The van der Waals surface area contributed by atoms with Gasteiger partial charge in [0.1, 0.15) is 5.75 Å². The van der Waals surface area contributed by atoms with Gasteiger partial charge >= 0.3 is 18.4 Å². The molecule has 1 fully saturated rings. The monoisotopic (exact) mass is 579 g/mol. The smallest absolute Gasteiger partial charge is 0.481 e. The number of halogens is 3. The van der Waals surface area contributed by atoms with Gasteiger partial charge in [-0.05, 0) is 73.6 Å². The molecule has 12 heteroatoms. The van der Waals surface area contributed by atoms with Gasteiger partial charge in [-0.25, -0.2) is 4.79 Å². The molecule has 41 heavy (non-hydrogen) atoms. The fourth-order valence-electron chi connectivity index (χ4n) is 4.50. The van der Waals surface area contributed by atoms with E-state index in [1.807, 2.05) is 0 Å². The molecule has 0 aliphatic heterocycles. The van der Waals surface area contributed by atoms with Crippen molar-refractivity contribution in [3.8, 4) is 5.75 Å². The largest absolute Gasteiger partial charge is 0.573 e. The van der Waals surface area contributed by atoms with E-state index < -0.39 is 24.3 Å². The van der Waals surface area contributed by atoms with Gasteiger partial charge in [0.05, 0.1) is 12.5 Å². The van der Waals surface area contributed by atoms with E-state index in [-0.39, 0.29) is 37.4 Å². The van der Waals surface area contributed by atoms with Gasteiger partial charge in [0.15, 0.2) is 0 Å². The minimum absolute atomic E-state index is 0.0106. The van der Waals surface area contributed by atoms with Crippen molar-refractivity contribution >= 4 is 23.6 Å². The van der Waals surface area contributed by atoms with Crippen molar-refractivity contribution in [1.82, 2.24) is 10.2 Å². The van der Waals surface area contributed by atoms with E-state index in [0.717, 1.165) is 43.4 Å².